The number of hydrogen-bond acceptors (Lipinski definition) is 6. The predicted molar refractivity (Wildman–Crippen MR) is 96.2 cm³/mol. The smallest absolute Gasteiger partial charge is 0.316 e. The van der Waals surface area contributed by atoms with Gasteiger partial charge in [0.15, 0.2) is 0 Å². The van der Waals surface area contributed by atoms with Crippen LogP contribution in [0, 0.1) is 6.92 Å². The summed E-state index contributed by atoms with van der Waals surface area (Å²) in [7, 11) is 3.67. The third kappa shape index (κ3) is 4.77. The number of ether oxygens (including phenoxy) is 1. The van der Waals surface area contributed by atoms with Crippen molar-refractivity contribution in [3.63, 3.8) is 0 Å². The number of benzene rings is 1. The summed E-state index contributed by atoms with van der Waals surface area (Å²) in [6.45, 7) is 2.51. The van der Waals surface area contributed by atoms with Crippen molar-refractivity contribution in [2.75, 3.05) is 20.4 Å². The van der Waals surface area contributed by atoms with Crippen LogP contribution in [0.3, 0.4) is 0 Å². The Hall–Kier alpha value is -1.92. The summed E-state index contributed by atoms with van der Waals surface area (Å²) < 4.78 is 5.72. The van der Waals surface area contributed by atoms with Crippen LogP contribution >= 0.6 is 11.8 Å². The molecule has 1 unspecified atom stereocenters. The molecule has 1 atom stereocenters. The van der Waals surface area contributed by atoms with Crippen LogP contribution in [0.5, 0.6) is 6.01 Å². The lowest BCUT2D eigenvalue weighted by molar-refractivity contribution is 0.279. The summed E-state index contributed by atoms with van der Waals surface area (Å²) in [4.78, 5) is 13.0. The van der Waals surface area contributed by atoms with Crippen LogP contribution in [-0.2, 0) is 6.61 Å². The summed E-state index contributed by atoms with van der Waals surface area (Å²) in [5.74, 6) is 0. The van der Waals surface area contributed by atoms with Gasteiger partial charge in [0.1, 0.15) is 6.61 Å². The second kappa shape index (κ2) is 8.64. The predicted octanol–water partition coefficient (Wildman–Crippen LogP) is 3.02. The Labute approximate surface area is 141 Å². The molecule has 0 saturated heterocycles. The lowest BCUT2D eigenvalue weighted by Gasteiger charge is -2.16. The Bertz CT molecular complexity index is 658. The van der Waals surface area contributed by atoms with E-state index in [1.807, 2.05) is 31.5 Å². The molecule has 0 radical (unpaired) electrons. The summed E-state index contributed by atoms with van der Waals surface area (Å²) in [5.41, 5.74) is 3.17. The van der Waals surface area contributed by atoms with E-state index < -0.39 is 0 Å². The maximum atomic E-state index is 5.72. The highest BCUT2D eigenvalue weighted by Crippen LogP contribution is 2.19. The Morgan fingerprint density at radius 2 is 2.04 bits per heavy atom. The standard InChI is InChI=1S/C17H22N4OS/c1-12-5-7-13(8-6-12)11-22-17-20-10-9-14(21-17)15(18-2)16(19-3)23-4/h5-10,15,18H,11H2,1-4H3. The topological polar surface area (TPSA) is 59.4 Å². The van der Waals surface area contributed by atoms with E-state index in [-0.39, 0.29) is 6.04 Å². The maximum absolute atomic E-state index is 5.72. The van der Waals surface area contributed by atoms with Gasteiger partial charge in [-0.1, -0.05) is 29.8 Å². The number of thioether (sulfide) groups is 1. The minimum absolute atomic E-state index is 0.0558. The molecule has 6 heteroatoms. The average Bonchev–Trinajstić information content (AvgIpc) is 2.59. The third-order valence-corrected chi connectivity index (χ3v) is 4.24. The van der Waals surface area contributed by atoms with Gasteiger partial charge in [-0.3, -0.25) is 4.99 Å². The highest BCUT2D eigenvalue weighted by molar-refractivity contribution is 8.13. The van der Waals surface area contributed by atoms with Crippen LogP contribution in [0.2, 0.25) is 0 Å². The number of nitrogens with zero attached hydrogens (tertiary/aromatic N) is 3. The first-order valence-electron chi connectivity index (χ1n) is 7.37. The van der Waals surface area contributed by atoms with E-state index in [2.05, 4.69) is 39.3 Å². The zero-order valence-corrected chi connectivity index (χ0v) is 14.7. The first kappa shape index (κ1) is 17.4. The van der Waals surface area contributed by atoms with Crippen LogP contribution in [0.15, 0.2) is 41.5 Å². The number of aliphatic imine (C=N–C) groups is 1. The van der Waals surface area contributed by atoms with E-state index >= 15 is 0 Å². The van der Waals surface area contributed by atoms with E-state index in [0.717, 1.165) is 16.3 Å². The van der Waals surface area contributed by atoms with Crippen molar-refractivity contribution >= 4 is 16.8 Å². The largest absolute Gasteiger partial charge is 0.459 e. The minimum Gasteiger partial charge on any atom is -0.459 e. The van der Waals surface area contributed by atoms with E-state index in [1.54, 1.807) is 25.0 Å². The van der Waals surface area contributed by atoms with Gasteiger partial charge < -0.3 is 10.1 Å². The molecular weight excluding hydrogens is 308 g/mol. The van der Waals surface area contributed by atoms with E-state index in [4.69, 9.17) is 4.74 Å². The zero-order valence-electron chi connectivity index (χ0n) is 13.9. The van der Waals surface area contributed by atoms with Gasteiger partial charge in [-0.2, -0.15) is 4.98 Å². The van der Waals surface area contributed by atoms with Crippen molar-refractivity contribution in [1.82, 2.24) is 15.3 Å². The van der Waals surface area contributed by atoms with Crippen LogP contribution in [0.4, 0.5) is 0 Å². The van der Waals surface area contributed by atoms with Crippen LogP contribution in [0.25, 0.3) is 0 Å². The zero-order chi connectivity index (χ0) is 16.7. The van der Waals surface area contributed by atoms with Crippen molar-refractivity contribution in [3.05, 3.63) is 53.3 Å². The summed E-state index contributed by atoms with van der Waals surface area (Å²) in [6, 6.07) is 10.4. The molecule has 122 valence electrons. The lowest BCUT2D eigenvalue weighted by Crippen LogP contribution is -2.24. The Morgan fingerprint density at radius 3 is 2.65 bits per heavy atom. The van der Waals surface area contributed by atoms with Gasteiger partial charge in [0.05, 0.1) is 16.8 Å². The molecule has 2 rings (SSSR count). The molecule has 0 saturated carbocycles. The molecule has 0 aliphatic carbocycles. The van der Waals surface area contributed by atoms with Gasteiger partial charge in [-0.05, 0) is 31.9 Å². The molecule has 1 aromatic carbocycles. The second-order valence-corrected chi connectivity index (χ2v) is 5.85. The number of nitrogens with one attached hydrogen (secondary N) is 1. The fourth-order valence-electron chi connectivity index (χ4n) is 2.15. The van der Waals surface area contributed by atoms with Gasteiger partial charge in [0, 0.05) is 13.2 Å². The summed E-state index contributed by atoms with van der Waals surface area (Å²) >= 11 is 1.60. The van der Waals surface area contributed by atoms with Gasteiger partial charge in [0.25, 0.3) is 0 Å². The van der Waals surface area contributed by atoms with Crippen LogP contribution in [0.1, 0.15) is 22.9 Å². The molecule has 23 heavy (non-hydrogen) atoms. The van der Waals surface area contributed by atoms with E-state index in [9.17, 15) is 0 Å². The number of hydrogen-bond donors (Lipinski definition) is 1. The molecule has 1 aromatic heterocycles. The Morgan fingerprint density at radius 1 is 1.30 bits per heavy atom. The maximum Gasteiger partial charge on any atom is 0.316 e. The van der Waals surface area contributed by atoms with Crippen molar-refractivity contribution in [3.8, 4) is 6.01 Å². The van der Waals surface area contributed by atoms with E-state index in [1.165, 1.54) is 5.56 Å². The fourth-order valence-corrected chi connectivity index (χ4v) is 2.81. The molecule has 0 bridgehead atoms. The first-order valence-corrected chi connectivity index (χ1v) is 8.59. The number of aryl methyl sites for hydroxylation is 1. The second-order valence-electron chi connectivity index (χ2n) is 5.03. The monoisotopic (exact) mass is 330 g/mol. The van der Waals surface area contributed by atoms with Gasteiger partial charge in [0.2, 0.25) is 0 Å². The van der Waals surface area contributed by atoms with Crippen LogP contribution < -0.4 is 10.1 Å². The molecule has 1 heterocycles. The van der Waals surface area contributed by atoms with Gasteiger partial charge in [-0.25, -0.2) is 4.98 Å². The van der Waals surface area contributed by atoms with Crippen molar-refractivity contribution in [2.24, 2.45) is 4.99 Å². The van der Waals surface area contributed by atoms with Crippen molar-refractivity contribution < 1.29 is 4.74 Å². The van der Waals surface area contributed by atoms with Crippen LogP contribution in [-0.4, -0.2) is 35.4 Å². The minimum atomic E-state index is -0.0558. The molecule has 1 N–H and O–H groups in total. The Kier molecular flexibility index (Phi) is 6.55. The average molecular weight is 330 g/mol. The molecule has 0 amide bonds. The lowest BCUT2D eigenvalue weighted by atomic mass is 10.2. The highest BCUT2D eigenvalue weighted by atomic mass is 32.2. The van der Waals surface area contributed by atoms with Gasteiger partial charge in [-0.15, -0.1) is 11.8 Å². The van der Waals surface area contributed by atoms with Crippen molar-refractivity contribution in [2.45, 2.75) is 19.6 Å². The Balaban J connectivity index is 2.11. The molecule has 0 aliphatic heterocycles. The summed E-state index contributed by atoms with van der Waals surface area (Å²) in [6.07, 6.45) is 3.72. The van der Waals surface area contributed by atoms with Gasteiger partial charge >= 0.3 is 6.01 Å². The SMILES string of the molecule is CN=C(SC)C(NC)c1ccnc(OCc2ccc(C)cc2)n1. The molecule has 0 aliphatic rings. The highest BCUT2D eigenvalue weighted by Gasteiger charge is 2.17. The summed E-state index contributed by atoms with van der Waals surface area (Å²) in [5, 5.41) is 4.20. The fraction of sp³-hybridized carbons (Fsp3) is 0.353. The molecule has 5 nitrogen and oxygen atoms in total. The quantitative estimate of drug-likeness (QED) is 0.652. The van der Waals surface area contributed by atoms with E-state index in [0.29, 0.717) is 12.6 Å². The number of aromatic nitrogens is 2. The third-order valence-electron chi connectivity index (χ3n) is 3.40. The molecular formula is C17H22N4OS. The molecule has 2 aromatic rings. The first-order chi connectivity index (χ1) is 11.2. The number of rotatable bonds is 6. The van der Waals surface area contributed by atoms with Crippen molar-refractivity contribution in [1.29, 1.82) is 0 Å². The molecule has 0 fully saturated rings. The normalized spacial score (nSPS) is 13.0. The molecule has 0 spiro atoms.